The van der Waals surface area contributed by atoms with Gasteiger partial charge in [-0.2, -0.15) is 13.2 Å². The van der Waals surface area contributed by atoms with E-state index < -0.39 is 11.7 Å². The lowest BCUT2D eigenvalue weighted by molar-refractivity contribution is -0.137. The Morgan fingerprint density at radius 2 is 2.04 bits per heavy atom. The summed E-state index contributed by atoms with van der Waals surface area (Å²) >= 11 is 0. The molecule has 2 N–H and O–H groups in total. The van der Waals surface area contributed by atoms with Crippen molar-refractivity contribution in [1.82, 2.24) is 15.6 Å². The van der Waals surface area contributed by atoms with Crippen molar-refractivity contribution in [2.45, 2.75) is 51.4 Å². The van der Waals surface area contributed by atoms with Crippen LogP contribution in [0.15, 0.2) is 18.3 Å². The number of nitrogens with one attached hydrogen (secondary N) is 2. The number of rotatable bonds is 6. The molecule has 8 heteroatoms. The number of nitrogens with zero attached hydrogens (tertiary/aromatic N) is 2. The number of amides is 1. The van der Waals surface area contributed by atoms with Crippen molar-refractivity contribution < 1.29 is 18.0 Å². The van der Waals surface area contributed by atoms with Gasteiger partial charge in [0.05, 0.1) is 11.6 Å². The average Bonchev–Trinajstić information content (AvgIpc) is 3.21. The van der Waals surface area contributed by atoms with Gasteiger partial charge in [-0.15, -0.1) is 0 Å². The molecule has 28 heavy (non-hydrogen) atoms. The van der Waals surface area contributed by atoms with Crippen LogP contribution in [0, 0.1) is 17.8 Å². The molecule has 2 aliphatic rings. The molecule has 1 saturated carbocycles. The zero-order chi connectivity index (χ0) is 20.5. The summed E-state index contributed by atoms with van der Waals surface area (Å²) in [7, 11) is 1.66. The number of hydrogen-bond donors (Lipinski definition) is 2. The van der Waals surface area contributed by atoms with Crippen LogP contribution in [-0.2, 0) is 11.0 Å². The van der Waals surface area contributed by atoms with Crippen molar-refractivity contribution in [1.29, 1.82) is 0 Å². The standard InChI is InChI=1S/C20H29F3N4O/c1-12(2)8-17(19(28)24-3)26-16-6-4-13-10-27(11-15(13)16)18-7-5-14(9-25-18)20(21,22)23/h5,7,9,12-13,15-17,26H,4,6,8,10-11H2,1-3H3,(H,24,28)/t13-,15+,16+,17+/m1/s1. The highest BCUT2D eigenvalue weighted by Gasteiger charge is 2.44. The minimum Gasteiger partial charge on any atom is -0.358 e. The topological polar surface area (TPSA) is 57.3 Å². The van der Waals surface area contributed by atoms with Crippen LogP contribution in [0.4, 0.5) is 19.0 Å². The predicted octanol–water partition coefficient (Wildman–Crippen LogP) is 3.07. The third kappa shape index (κ3) is 4.59. The maximum Gasteiger partial charge on any atom is 0.417 e. The van der Waals surface area contributed by atoms with Crippen molar-refractivity contribution in [2.24, 2.45) is 17.8 Å². The van der Waals surface area contributed by atoms with E-state index in [1.165, 1.54) is 6.07 Å². The largest absolute Gasteiger partial charge is 0.417 e. The number of aromatic nitrogens is 1. The molecule has 0 radical (unpaired) electrons. The Bertz CT molecular complexity index is 677. The maximum absolute atomic E-state index is 12.7. The third-order valence-electron chi connectivity index (χ3n) is 5.94. The molecule has 2 heterocycles. The Balaban J connectivity index is 1.65. The first-order valence-corrected chi connectivity index (χ1v) is 9.95. The molecule has 0 unspecified atom stereocenters. The second-order valence-electron chi connectivity index (χ2n) is 8.38. The Kier molecular flexibility index (Phi) is 6.17. The van der Waals surface area contributed by atoms with Crippen molar-refractivity contribution >= 4 is 11.7 Å². The fraction of sp³-hybridized carbons (Fsp3) is 0.700. The first-order valence-electron chi connectivity index (χ1n) is 9.95. The zero-order valence-electron chi connectivity index (χ0n) is 16.6. The van der Waals surface area contributed by atoms with Crippen molar-refractivity contribution in [3.05, 3.63) is 23.9 Å². The van der Waals surface area contributed by atoms with Gasteiger partial charge in [0.25, 0.3) is 0 Å². The lowest BCUT2D eigenvalue weighted by atomic mass is 9.95. The molecule has 3 rings (SSSR count). The Labute approximate surface area is 164 Å². The van der Waals surface area contributed by atoms with Gasteiger partial charge >= 0.3 is 6.18 Å². The van der Waals surface area contributed by atoms with Gasteiger partial charge in [0.1, 0.15) is 5.82 Å². The SMILES string of the molecule is CNC(=O)[C@H](CC(C)C)N[C@H]1CC[C@@H]2CN(c3ccc(C(F)(F)F)cn3)C[C@@H]21. The molecular weight excluding hydrogens is 369 g/mol. The molecule has 0 spiro atoms. The van der Waals surface area contributed by atoms with Crippen LogP contribution in [0.3, 0.4) is 0 Å². The molecule has 1 aliphatic carbocycles. The van der Waals surface area contributed by atoms with E-state index in [0.717, 1.165) is 44.6 Å². The number of carbonyl (C=O) groups is 1. The van der Waals surface area contributed by atoms with Crippen LogP contribution in [0.2, 0.25) is 0 Å². The van der Waals surface area contributed by atoms with E-state index in [9.17, 15) is 18.0 Å². The number of anilines is 1. The van der Waals surface area contributed by atoms with E-state index in [2.05, 4.69) is 34.4 Å². The summed E-state index contributed by atoms with van der Waals surface area (Å²) in [6.45, 7) is 5.75. The number of halogens is 3. The van der Waals surface area contributed by atoms with Gasteiger partial charge in [-0.05, 0) is 49.1 Å². The van der Waals surface area contributed by atoms with Gasteiger partial charge in [-0.1, -0.05) is 13.8 Å². The quantitative estimate of drug-likeness (QED) is 0.773. The fourth-order valence-corrected chi connectivity index (χ4v) is 4.56. The molecular formula is C20H29F3N4O. The zero-order valence-corrected chi connectivity index (χ0v) is 16.6. The monoisotopic (exact) mass is 398 g/mol. The summed E-state index contributed by atoms with van der Waals surface area (Å²) in [6.07, 6.45) is -0.606. The summed E-state index contributed by atoms with van der Waals surface area (Å²) in [5.74, 6) is 1.86. The summed E-state index contributed by atoms with van der Waals surface area (Å²) in [5.41, 5.74) is -0.725. The number of hydrogen-bond acceptors (Lipinski definition) is 4. The molecule has 5 nitrogen and oxygen atoms in total. The lowest BCUT2D eigenvalue weighted by Crippen LogP contribution is -2.50. The van der Waals surface area contributed by atoms with Crippen molar-refractivity contribution in [3.63, 3.8) is 0 Å². The summed E-state index contributed by atoms with van der Waals surface area (Å²) < 4.78 is 38.2. The highest BCUT2D eigenvalue weighted by Crippen LogP contribution is 2.40. The second-order valence-corrected chi connectivity index (χ2v) is 8.38. The number of fused-ring (bicyclic) bond motifs is 1. The smallest absolute Gasteiger partial charge is 0.358 e. The van der Waals surface area contributed by atoms with Gasteiger partial charge in [-0.3, -0.25) is 4.79 Å². The number of pyridine rings is 1. The highest BCUT2D eigenvalue weighted by atomic mass is 19.4. The van der Waals surface area contributed by atoms with Gasteiger partial charge in [0.15, 0.2) is 0 Å². The fourth-order valence-electron chi connectivity index (χ4n) is 4.56. The van der Waals surface area contributed by atoms with Crippen LogP contribution in [-0.4, -0.2) is 43.1 Å². The summed E-state index contributed by atoms with van der Waals surface area (Å²) in [6, 6.07) is 2.58. The maximum atomic E-state index is 12.7. The molecule has 0 bridgehead atoms. The minimum atomic E-state index is -4.37. The lowest BCUT2D eigenvalue weighted by Gasteiger charge is -2.27. The van der Waals surface area contributed by atoms with Crippen LogP contribution in [0.25, 0.3) is 0 Å². The van der Waals surface area contributed by atoms with Crippen molar-refractivity contribution in [3.8, 4) is 0 Å². The normalized spacial score (nSPS) is 25.8. The number of likely N-dealkylation sites (N-methyl/N-ethyl adjacent to an activating group) is 1. The predicted molar refractivity (Wildman–Crippen MR) is 102 cm³/mol. The molecule has 1 aliphatic heterocycles. The third-order valence-corrected chi connectivity index (χ3v) is 5.94. The van der Waals surface area contributed by atoms with Gasteiger partial charge < -0.3 is 15.5 Å². The minimum absolute atomic E-state index is 0.0106. The highest BCUT2D eigenvalue weighted by molar-refractivity contribution is 5.81. The van der Waals surface area contributed by atoms with Crippen LogP contribution in [0.5, 0.6) is 0 Å². The van der Waals surface area contributed by atoms with E-state index >= 15 is 0 Å². The average molecular weight is 398 g/mol. The number of alkyl halides is 3. The van der Waals surface area contributed by atoms with Gasteiger partial charge in [0.2, 0.25) is 5.91 Å². The Hall–Kier alpha value is -1.83. The van der Waals surface area contributed by atoms with E-state index in [1.54, 1.807) is 7.05 Å². The molecule has 0 aromatic carbocycles. The Morgan fingerprint density at radius 1 is 1.29 bits per heavy atom. The molecule has 1 saturated heterocycles. The van der Waals surface area contributed by atoms with Crippen LogP contribution < -0.4 is 15.5 Å². The molecule has 4 atom stereocenters. The first kappa shape index (κ1) is 20.9. The molecule has 156 valence electrons. The molecule has 2 fully saturated rings. The van der Waals surface area contributed by atoms with Crippen LogP contribution >= 0.6 is 0 Å². The summed E-state index contributed by atoms with van der Waals surface area (Å²) in [4.78, 5) is 18.4. The first-order chi connectivity index (χ1) is 13.2. The van der Waals surface area contributed by atoms with E-state index in [0.29, 0.717) is 23.6 Å². The van der Waals surface area contributed by atoms with E-state index in [-0.39, 0.29) is 18.0 Å². The number of carbonyl (C=O) groups excluding carboxylic acids is 1. The summed E-state index contributed by atoms with van der Waals surface area (Å²) in [5, 5.41) is 6.30. The molecule has 1 aromatic heterocycles. The van der Waals surface area contributed by atoms with Crippen LogP contribution in [0.1, 0.15) is 38.7 Å². The van der Waals surface area contributed by atoms with E-state index in [4.69, 9.17) is 0 Å². The second kappa shape index (κ2) is 8.27. The molecule has 1 amide bonds. The van der Waals surface area contributed by atoms with E-state index in [1.807, 2.05) is 0 Å². The molecule has 1 aromatic rings. The van der Waals surface area contributed by atoms with Crippen molar-refractivity contribution in [2.75, 3.05) is 25.0 Å². The van der Waals surface area contributed by atoms with Gasteiger partial charge in [-0.25, -0.2) is 4.98 Å². The Morgan fingerprint density at radius 3 is 2.61 bits per heavy atom. The van der Waals surface area contributed by atoms with Gasteiger partial charge in [0, 0.05) is 32.4 Å².